The average Bonchev–Trinajstić information content (AvgIpc) is 2.62. The standard InChI is InChI=1S/C19H23F2N3O.HI/c1-3-22-19(24-13-15-12-16(20)8-9-17(15)21)23-11-10-14-6-4-5-7-18(14)25-2;/h4-9,12H,3,10-11,13H2,1-2H3,(H2,22,23,24);1H. The molecule has 0 spiro atoms. The third kappa shape index (κ3) is 6.78. The van der Waals surface area contributed by atoms with Crippen LogP contribution in [-0.2, 0) is 13.0 Å². The Balaban J connectivity index is 0.00000338. The smallest absolute Gasteiger partial charge is 0.191 e. The largest absolute Gasteiger partial charge is 0.496 e. The number of hydrogen-bond donors (Lipinski definition) is 2. The molecule has 2 aromatic carbocycles. The number of ether oxygens (including phenoxy) is 1. The number of guanidine groups is 1. The maximum Gasteiger partial charge on any atom is 0.191 e. The molecule has 0 saturated carbocycles. The summed E-state index contributed by atoms with van der Waals surface area (Å²) in [7, 11) is 1.64. The van der Waals surface area contributed by atoms with Gasteiger partial charge in [0.2, 0.25) is 0 Å². The number of aliphatic imine (C=N–C) groups is 1. The van der Waals surface area contributed by atoms with Gasteiger partial charge in [-0.05, 0) is 43.2 Å². The first-order chi connectivity index (χ1) is 12.1. The molecular weight excluding hydrogens is 451 g/mol. The Morgan fingerprint density at radius 1 is 1.08 bits per heavy atom. The lowest BCUT2D eigenvalue weighted by atomic mass is 10.1. The topological polar surface area (TPSA) is 45.7 Å². The Kier molecular flexibility index (Phi) is 9.93. The molecule has 0 heterocycles. The summed E-state index contributed by atoms with van der Waals surface area (Å²) in [5.74, 6) is 0.463. The van der Waals surface area contributed by atoms with Crippen LogP contribution in [0.1, 0.15) is 18.1 Å². The molecule has 0 aliphatic carbocycles. The van der Waals surface area contributed by atoms with E-state index in [2.05, 4.69) is 15.6 Å². The summed E-state index contributed by atoms with van der Waals surface area (Å²) in [5.41, 5.74) is 1.31. The van der Waals surface area contributed by atoms with E-state index >= 15 is 0 Å². The number of hydrogen-bond acceptors (Lipinski definition) is 2. The van der Waals surface area contributed by atoms with Crippen LogP contribution in [0.15, 0.2) is 47.5 Å². The fraction of sp³-hybridized carbons (Fsp3) is 0.316. The summed E-state index contributed by atoms with van der Waals surface area (Å²) in [5, 5.41) is 6.29. The highest BCUT2D eigenvalue weighted by atomic mass is 127. The van der Waals surface area contributed by atoms with Crippen molar-refractivity contribution in [3.8, 4) is 5.75 Å². The minimum Gasteiger partial charge on any atom is -0.496 e. The molecular formula is C19H24F2IN3O. The molecule has 4 nitrogen and oxygen atoms in total. The van der Waals surface area contributed by atoms with Gasteiger partial charge in [-0.15, -0.1) is 24.0 Å². The van der Waals surface area contributed by atoms with Crippen molar-refractivity contribution in [2.75, 3.05) is 20.2 Å². The van der Waals surface area contributed by atoms with Crippen molar-refractivity contribution >= 4 is 29.9 Å². The van der Waals surface area contributed by atoms with Crippen LogP contribution in [0.3, 0.4) is 0 Å². The highest BCUT2D eigenvalue weighted by Gasteiger charge is 2.05. The second-order valence-electron chi connectivity index (χ2n) is 5.42. The summed E-state index contributed by atoms with van der Waals surface area (Å²) < 4.78 is 32.2. The zero-order valence-electron chi connectivity index (χ0n) is 14.9. The normalized spacial score (nSPS) is 10.8. The molecule has 26 heavy (non-hydrogen) atoms. The first kappa shape index (κ1) is 22.1. The summed E-state index contributed by atoms with van der Waals surface area (Å²) in [4.78, 5) is 4.32. The number of para-hydroxylation sites is 1. The molecule has 0 fully saturated rings. The first-order valence-electron chi connectivity index (χ1n) is 8.22. The molecule has 2 rings (SSSR count). The lowest BCUT2D eigenvalue weighted by Crippen LogP contribution is -2.38. The average molecular weight is 475 g/mol. The minimum atomic E-state index is -0.472. The summed E-state index contributed by atoms with van der Waals surface area (Å²) in [6.07, 6.45) is 0.753. The first-order valence-corrected chi connectivity index (χ1v) is 8.22. The highest BCUT2D eigenvalue weighted by Crippen LogP contribution is 2.17. The van der Waals surface area contributed by atoms with Crippen LogP contribution in [-0.4, -0.2) is 26.2 Å². The van der Waals surface area contributed by atoms with E-state index < -0.39 is 11.6 Å². The Hall–Kier alpha value is -1.90. The second kappa shape index (κ2) is 11.7. The number of rotatable bonds is 7. The molecule has 2 N–H and O–H groups in total. The minimum absolute atomic E-state index is 0. The van der Waals surface area contributed by atoms with Crippen LogP contribution >= 0.6 is 24.0 Å². The molecule has 0 amide bonds. The van der Waals surface area contributed by atoms with Gasteiger partial charge in [0.15, 0.2) is 5.96 Å². The number of benzene rings is 2. The Bertz CT molecular complexity index is 726. The predicted octanol–water partition coefficient (Wildman–Crippen LogP) is 3.89. The number of methoxy groups -OCH3 is 1. The molecule has 0 atom stereocenters. The maximum absolute atomic E-state index is 13.7. The molecule has 142 valence electrons. The SMILES string of the molecule is CCNC(=NCc1cc(F)ccc1F)NCCc1ccccc1OC.I. The van der Waals surface area contributed by atoms with Crippen molar-refractivity contribution in [2.45, 2.75) is 19.9 Å². The van der Waals surface area contributed by atoms with Crippen molar-refractivity contribution < 1.29 is 13.5 Å². The van der Waals surface area contributed by atoms with Gasteiger partial charge in [-0.2, -0.15) is 0 Å². The van der Waals surface area contributed by atoms with Gasteiger partial charge in [0.1, 0.15) is 17.4 Å². The van der Waals surface area contributed by atoms with Crippen molar-refractivity contribution in [1.82, 2.24) is 10.6 Å². The van der Waals surface area contributed by atoms with E-state index in [1.807, 2.05) is 31.2 Å². The lowest BCUT2D eigenvalue weighted by molar-refractivity contribution is 0.409. The number of nitrogens with one attached hydrogen (secondary N) is 2. The zero-order chi connectivity index (χ0) is 18.1. The molecule has 0 aromatic heterocycles. The monoisotopic (exact) mass is 475 g/mol. The van der Waals surface area contributed by atoms with Gasteiger partial charge in [0.25, 0.3) is 0 Å². The van der Waals surface area contributed by atoms with Crippen molar-refractivity contribution in [3.63, 3.8) is 0 Å². The van der Waals surface area contributed by atoms with Crippen molar-refractivity contribution in [2.24, 2.45) is 4.99 Å². The van der Waals surface area contributed by atoms with Crippen LogP contribution in [0.2, 0.25) is 0 Å². The van der Waals surface area contributed by atoms with E-state index in [0.29, 0.717) is 19.0 Å². The molecule has 0 aliphatic heterocycles. The fourth-order valence-electron chi connectivity index (χ4n) is 2.40. The van der Waals surface area contributed by atoms with Gasteiger partial charge in [-0.25, -0.2) is 13.8 Å². The molecule has 0 bridgehead atoms. The summed E-state index contributed by atoms with van der Waals surface area (Å²) in [6.45, 7) is 3.32. The van der Waals surface area contributed by atoms with E-state index in [9.17, 15) is 8.78 Å². The lowest BCUT2D eigenvalue weighted by Gasteiger charge is -2.13. The van der Waals surface area contributed by atoms with Crippen LogP contribution in [0.4, 0.5) is 8.78 Å². The van der Waals surface area contributed by atoms with Gasteiger partial charge >= 0.3 is 0 Å². The molecule has 0 aliphatic rings. The third-order valence-electron chi connectivity index (χ3n) is 3.64. The fourth-order valence-corrected chi connectivity index (χ4v) is 2.40. The third-order valence-corrected chi connectivity index (χ3v) is 3.64. The summed E-state index contributed by atoms with van der Waals surface area (Å²) >= 11 is 0. The molecule has 7 heteroatoms. The van der Waals surface area contributed by atoms with Gasteiger partial charge in [-0.1, -0.05) is 18.2 Å². The molecule has 0 radical (unpaired) electrons. The molecule has 0 unspecified atom stereocenters. The Morgan fingerprint density at radius 3 is 2.58 bits per heavy atom. The molecule has 2 aromatic rings. The van der Waals surface area contributed by atoms with E-state index in [-0.39, 0.29) is 36.1 Å². The highest BCUT2D eigenvalue weighted by molar-refractivity contribution is 14.0. The second-order valence-corrected chi connectivity index (χ2v) is 5.42. The Labute approximate surface area is 170 Å². The number of halogens is 3. The van der Waals surface area contributed by atoms with Gasteiger partial charge in [-0.3, -0.25) is 0 Å². The maximum atomic E-state index is 13.7. The van der Waals surface area contributed by atoms with Crippen molar-refractivity contribution in [1.29, 1.82) is 0 Å². The van der Waals surface area contributed by atoms with Crippen molar-refractivity contribution in [3.05, 3.63) is 65.2 Å². The van der Waals surface area contributed by atoms with Crippen LogP contribution in [0.25, 0.3) is 0 Å². The van der Waals surface area contributed by atoms with Crippen LogP contribution < -0.4 is 15.4 Å². The van der Waals surface area contributed by atoms with Gasteiger partial charge < -0.3 is 15.4 Å². The Morgan fingerprint density at radius 2 is 1.85 bits per heavy atom. The summed E-state index contributed by atoms with van der Waals surface area (Å²) in [6, 6.07) is 11.2. The predicted molar refractivity (Wildman–Crippen MR) is 111 cm³/mol. The zero-order valence-corrected chi connectivity index (χ0v) is 17.2. The van der Waals surface area contributed by atoms with E-state index in [4.69, 9.17) is 4.74 Å². The van der Waals surface area contributed by atoms with Crippen LogP contribution in [0, 0.1) is 11.6 Å². The number of nitrogens with zero attached hydrogens (tertiary/aromatic N) is 1. The van der Waals surface area contributed by atoms with E-state index in [1.54, 1.807) is 7.11 Å². The quantitative estimate of drug-likeness (QED) is 0.363. The van der Waals surface area contributed by atoms with Gasteiger partial charge in [0.05, 0.1) is 13.7 Å². The van der Waals surface area contributed by atoms with Crippen LogP contribution in [0.5, 0.6) is 5.75 Å². The van der Waals surface area contributed by atoms with Gasteiger partial charge in [0, 0.05) is 18.7 Å². The van der Waals surface area contributed by atoms with E-state index in [0.717, 1.165) is 35.9 Å². The van der Waals surface area contributed by atoms with E-state index in [1.165, 1.54) is 0 Å². The molecule has 0 saturated heterocycles.